The summed E-state index contributed by atoms with van der Waals surface area (Å²) in [6.45, 7) is 12.9. The van der Waals surface area contributed by atoms with Gasteiger partial charge in [0.2, 0.25) is 50.1 Å². The van der Waals surface area contributed by atoms with Crippen LogP contribution in [-0.2, 0) is 99.6 Å². The molecule has 16 rings (SSSR count). The molecule has 5 aromatic carbocycles. The van der Waals surface area contributed by atoms with Crippen molar-refractivity contribution in [3.8, 4) is 5.75 Å². The van der Waals surface area contributed by atoms with Crippen LogP contribution in [0.25, 0.3) is 0 Å². The van der Waals surface area contributed by atoms with E-state index in [1.807, 2.05) is 13.0 Å². The van der Waals surface area contributed by atoms with Gasteiger partial charge in [-0.05, 0) is 127 Å². The van der Waals surface area contributed by atoms with Crippen LogP contribution in [0.2, 0.25) is 0 Å². The number of aliphatic hydroxyl groups excluding tert-OH is 2. The van der Waals surface area contributed by atoms with E-state index in [1.165, 1.54) is 69.4 Å². The number of methoxy groups -OCH3 is 1. The lowest BCUT2D eigenvalue weighted by Gasteiger charge is -2.41. The third kappa shape index (κ3) is 21.1. The Balaban J connectivity index is 0.000000137. The average molecular weight is 1960 g/mol. The second kappa shape index (κ2) is 38.5. The van der Waals surface area contributed by atoms with Crippen LogP contribution in [0.15, 0.2) is 141 Å². The number of aromatic nitrogens is 2. The van der Waals surface area contributed by atoms with E-state index in [0.717, 1.165) is 60.1 Å². The van der Waals surface area contributed by atoms with Gasteiger partial charge in [-0.3, -0.25) is 26.1 Å². The van der Waals surface area contributed by atoms with Crippen molar-refractivity contribution in [3.05, 3.63) is 156 Å². The Kier molecular flexibility index (Phi) is 30.1. The summed E-state index contributed by atoms with van der Waals surface area (Å²) >= 11 is 9.45. The average Bonchev–Trinajstić information content (AvgIpc) is 1.60. The number of aryl methyl sites for hydroxylation is 1. The van der Waals surface area contributed by atoms with Crippen molar-refractivity contribution < 1.29 is 103 Å². The van der Waals surface area contributed by atoms with E-state index in [4.69, 9.17) is 28.4 Å². The van der Waals surface area contributed by atoms with Gasteiger partial charge in [0, 0.05) is 192 Å². The van der Waals surface area contributed by atoms with Crippen LogP contribution < -0.4 is 31.3 Å². The monoisotopic (exact) mass is 1960 g/mol. The summed E-state index contributed by atoms with van der Waals surface area (Å²) in [4.78, 5) is 18.8. The predicted octanol–water partition coefficient (Wildman–Crippen LogP) is 7.22. The number of imidazole rings is 1. The number of rotatable bonds is 16. The summed E-state index contributed by atoms with van der Waals surface area (Å²) in [6, 6.07) is 20.4. The fraction of sp³-hybridized carbons (Fsp3) is 0.553. The molecule has 8 N–H and O–H groups in total. The number of hydrogen-bond acceptors (Lipinski definition) is 25. The highest BCUT2D eigenvalue weighted by atomic mass is 79.9. The van der Waals surface area contributed by atoms with Crippen molar-refractivity contribution in [2.24, 2.45) is 0 Å². The summed E-state index contributed by atoms with van der Waals surface area (Å²) < 4.78 is 224. The van der Waals surface area contributed by atoms with Crippen LogP contribution in [-0.4, -0.2) is 256 Å². The minimum absolute atomic E-state index is 0.0573. The number of halogens is 7. The molecule has 10 fully saturated rings. The van der Waals surface area contributed by atoms with Crippen molar-refractivity contribution in [3.63, 3.8) is 0 Å². The van der Waals surface area contributed by atoms with Crippen molar-refractivity contribution in [1.29, 1.82) is 0 Å². The molecule has 0 saturated carbocycles. The van der Waals surface area contributed by atoms with Gasteiger partial charge in [-0.25, -0.2) is 51.5 Å². The van der Waals surface area contributed by atoms with Crippen LogP contribution in [0.1, 0.15) is 109 Å². The van der Waals surface area contributed by atoms with Gasteiger partial charge in [-0.1, -0.05) is 44.0 Å². The zero-order valence-electron chi connectivity index (χ0n) is 65.7. The first kappa shape index (κ1) is 93.2. The lowest BCUT2D eigenvalue weighted by atomic mass is 10.0. The lowest BCUT2D eigenvalue weighted by molar-refractivity contribution is -0.137. The molecule has 11 heterocycles. The highest BCUT2D eigenvalue weighted by molar-refractivity contribution is 9.11. The quantitative estimate of drug-likeness (QED) is 0.0350. The van der Waals surface area contributed by atoms with Gasteiger partial charge in [-0.15, -0.1) is 0 Å². The van der Waals surface area contributed by atoms with Crippen molar-refractivity contribution in [2.75, 3.05) is 132 Å². The third-order valence-corrected chi connectivity index (χ3v) is 34.7. The molecule has 5 spiro atoms. The number of piperidine rings is 5. The summed E-state index contributed by atoms with van der Waals surface area (Å²) in [5.74, 6) is -0.581. The molecule has 0 aliphatic carbocycles. The fourth-order valence-corrected chi connectivity index (χ4v) is 26.2. The number of Topliss-reactive ketones (excluding diaryl/α,β-unsaturated/α-hetero) is 1. The number of carbonyl (C=O) groups excluding carboxylic acids is 1. The molecule has 0 radical (unpaired) electrons. The number of ketones is 1. The molecule has 31 nitrogen and oxygen atoms in total. The van der Waals surface area contributed by atoms with E-state index in [9.17, 15) is 74.7 Å². The number of H-pyrrole nitrogens is 1. The molecule has 10 aliphatic heterocycles. The van der Waals surface area contributed by atoms with Crippen LogP contribution in [0.3, 0.4) is 0 Å². The maximum absolute atomic E-state index is 13.9. The zero-order valence-corrected chi connectivity index (χ0v) is 74.6. The number of alkyl halides is 3. The number of aliphatic hydroxyl groups is 2. The van der Waals surface area contributed by atoms with Crippen LogP contribution in [0, 0.1) is 12.7 Å². The third-order valence-electron chi connectivity index (χ3n) is 22.9. The summed E-state index contributed by atoms with van der Waals surface area (Å²) in [6.07, 6.45) is 5.19. The van der Waals surface area contributed by atoms with Gasteiger partial charge in [0.15, 0.2) is 5.78 Å². The van der Waals surface area contributed by atoms with Crippen molar-refractivity contribution in [1.82, 2.24) is 58.1 Å². The molecule has 0 bridgehead atoms. The predicted molar refractivity (Wildman–Crippen MR) is 438 cm³/mol. The Morgan fingerprint density at radius 3 is 1.40 bits per heavy atom. The van der Waals surface area contributed by atoms with Crippen LogP contribution in [0.4, 0.5) is 17.6 Å². The molecule has 10 aliphatic rings. The summed E-state index contributed by atoms with van der Waals surface area (Å²) in [7, 11) is -17.2. The molecule has 6 aromatic rings. The highest BCUT2D eigenvalue weighted by Gasteiger charge is 2.55. The van der Waals surface area contributed by atoms with E-state index in [2.05, 4.69) is 84.3 Å². The standard InChI is InChI=1S/C19H24N4O4S.C16H24N2O6S.C14H16BrF3N2O3S.C14H19BrN2O3S.C13H16BrFN2O3S/c1-14(24)15-2-4-18(5-3-15)28(25,26)23-17(10-16-11-21-13-22-16)12-27-19(23)6-8-20-9-7-19;1-23-15-9-13(8-12(10-19)14(15)11-20)25(21,22)18-5-2-16(3-6-18)17-4-7-24-16;15-11-9-10(14(16,17)18)1-2-12(11)24(21,22)20-6-3-13(4-7-20)19-5-8-23-13;1-11-10-12(15)2-3-13(11)21(18,19)17-7-4-14(5-8-17)16-6-9-20-14;14-10-1-2-12(11(15)9-10)21(18,19)17-6-3-13(4-7-17)16-5-8-20-13/h2-5,11,13,17,20H,6-10,12H2,1H3,(H,21,22);8-9,17,19-20H,2-7,10-11H2,1H3;1-2,9,19H,3-8H2;2-3,10,16H,4-9H2,1H3;1-2,9,16H,3-8H2. The normalized spacial score (nSPS) is 22.2. The highest BCUT2D eigenvalue weighted by Crippen LogP contribution is 2.43. The maximum atomic E-state index is 13.9. The molecule has 10 saturated heterocycles. The summed E-state index contributed by atoms with van der Waals surface area (Å²) in [5.41, 5.74) is -0.452. The first-order valence-corrected chi connectivity index (χ1v) is 48.5. The minimum atomic E-state index is -4.52. The number of ether oxygens (including phenoxy) is 6. The van der Waals surface area contributed by atoms with Crippen molar-refractivity contribution >= 4 is 104 Å². The van der Waals surface area contributed by atoms with Gasteiger partial charge in [0.25, 0.3) is 0 Å². The zero-order chi connectivity index (χ0) is 85.6. The number of sulfonamides is 5. The number of nitrogens with zero attached hydrogens (tertiary/aromatic N) is 6. The molecular weight excluding hydrogens is 1860 g/mol. The lowest BCUT2D eigenvalue weighted by Crippen LogP contribution is -2.56. The van der Waals surface area contributed by atoms with E-state index >= 15 is 0 Å². The second-order valence-corrected chi connectivity index (χ2v) is 42.4. The van der Waals surface area contributed by atoms with Crippen LogP contribution >= 0.6 is 47.8 Å². The van der Waals surface area contributed by atoms with Crippen LogP contribution in [0.5, 0.6) is 5.75 Å². The summed E-state index contributed by atoms with van der Waals surface area (Å²) in [5, 5.41) is 35.4. The Morgan fingerprint density at radius 1 is 0.546 bits per heavy atom. The first-order chi connectivity index (χ1) is 56.4. The molecule has 119 heavy (non-hydrogen) atoms. The molecule has 1 aromatic heterocycles. The number of carbonyl (C=O) groups is 1. The topological polar surface area (TPSA) is 389 Å². The Morgan fingerprint density at radius 2 is 1.00 bits per heavy atom. The van der Waals surface area contributed by atoms with E-state index in [0.29, 0.717) is 182 Å². The fourth-order valence-electron chi connectivity index (χ4n) is 16.4. The Bertz CT molecular complexity index is 4990. The SMILES string of the molecule is CC(=O)c1ccc(S(=O)(=O)N2C(Cc3cnc[nH]3)COC23CCNCC3)cc1.COc1cc(S(=O)(=O)N2CCC3(CC2)NCCO3)cc(CO)c1CO.Cc1cc(Br)ccc1S(=O)(=O)N1CCC2(CC1)NCCO2.O=S(=O)(c1ccc(Br)cc1F)N1CCC2(CC1)NCCO2.O=S(=O)(c1ccc(C(F)(F)F)cc1Br)N1CCC2(CC1)NCCO2. The minimum Gasteiger partial charge on any atom is -0.496 e. The number of benzene rings is 5. The van der Waals surface area contributed by atoms with Gasteiger partial charge < -0.3 is 48.9 Å². The second-order valence-electron chi connectivity index (χ2n) is 30.2. The molecule has 1 unspecified atom stereocenters. The van der Waals surface area contributed by atoms with Gasteiger partial charge in [0.05, 0.1) is 90.9 Å². The number of nitrogens with one attached hydrogen (secondary N) is 6. The largest absolute Gasteiger partial charge is 0.496 e. The molecule has 43 heteroatoms. The van der Waals surface area contributed by atoms with Gasteiger partial charge in [-0.2, -0.15) is 34.7 Å². The van der Waals surface area contributed by atoms with Crippen molar-refractivity contribution in [2.45, 2.75) is 163 Å². The number of aromatic amines is 1. The smallest absolute Gasteiger partial charge is 0.416 e. The maximum Gasteiger partial charge on any atom is 0.416 e. The Hall–Kier alpha value is -4.99. The van der Waals surface area contributed by atoms with E-state index < -0.39 is 90.6 Å². The van der Waals surface area contributed by atoms with Gasteiger partial charge in [0.1, 0.15) is 45.1 Å². The molecular formula is C76H99Br3F4N12O19S5. The van der Waals surface area contributed by atoms with Gasteiger partial charge >= 0.3 is 6.18 Å². The molecule has 0 amide bonds. The molecule has 1 atom stereocenters. The van der Waals surface area contributed by atoms with E-state index in [1.54, 1.807) is 45.4 Å². The number of hydrogen-bond donors (Lipinski definition) is 8. The Labute approximate surface area is 716 Å². The van der Waals surface area contributed by atoms with E-state index in [-0.39, 0.29) is 73.7 Å². The molecule has 656 valence electrons. The first-order valence-electron chi connectivity index (χ1n) is 38.9.